The molecule has 0 amide bonds. The number of piperazine rings is 1. The Morgan fingerprint density at radius 3 is 2.26 bits per heavy atom. The Bertz CT molecular complexity index is 646. The predicted molar refractivity (Wildman–Crippen MR) is 92.0 cm³/mol. The van der Waals surface area contributed by atoms with E-state index in [0.717, 1.165) is 37.4 Å². The number of hydrogen-bond donors (Lipinski definition) is 1. The van der Waals surface area contributed by atoms with E-state index in [0.29, 0.717) is 12.5 Å². The van der Waals surface area contributed by atoms with Crippen molar-refractivity contribution in [1.29, 1.82) is 0 Å². The Balaban J connectivity index is 1.54. The second-order valence-corrected chi connectivity index (χ2v) is 5.61. The van der Waals surface area contributed by atoms with Gasteiger partial charge in [0, 0.05) is 31.9 Å². The van der Waals surface area contributed by atoms with Crippen LogP contribution in [0.25, 0.3) is 0 Å². The number of rotatable bonds is 3. The first kappa shape index (κ1) is 15.3. The smallest absolute Gasteiger partial charge is 0.191 e. The van der Waals surface area contributed by atoms with Crippen molar-refractivity contribution in [2.45, 2.75) is 6.54 Å². The van der Waals surface area contributed by atoms with E-state index in [1.807, 2.05) is 42.5 Å². The average molecular weight is 312 g/mol. The van der Waals surface area contributed by atoms with Crippen molar-refractivity contribution in [3.05, 3.63) is 66.0 Å². The van der Waals surface area contributed by atoms with Crippen molar-refractivity contribution in [3.63, 3.8) is 0 Å². The van der Waals surface area contributed by atoms with Gasteiger partial charge >= 0.3 is 0 Å². The van der Waals surface area contributed by atoms with Crippen molar-refractivity contribution < 1.29 is 4.39 Å². The molecule has 2 aromatic carbocycles. The summed E-state index contributed by atoms with van der Waals surface area (Å²) in [7, 11) is 0. The summed E-state index contributed by atoms with van der Waals surface area (Å²) in [5.74, 6) is 0.386. The van der Waals surface area contributed by atoms with Crippen LogP contribution < -0.4 is 10.6 Å². The summed E-state index contributed by atoms with van der Waals surface area (Å²) < 4.78 is 13.0. The molecule has 1 saturated heterocycles. The van der Waals surface area contributed by atoms with Gasteiger partial charge in [0.25, 0.3) is 0 Å². The van der Waals surface area contributed by atoms with Crippen LogP contribution in [0.2, 0.25) is 0 Å². The Morgan fingerprint density at radius 1 is 0.957 bits per heavy atom. The lowest BCUT2D eigenvalue weighted by Gasteiger charge is -2.36. The number of nitrogens with two attached hydrogens (primary N) is 1. The molecule has 1 fully saturated rings. The number of anilines is 1. The van der Waals surface area contributed by atoms with Crippen LogP contribution in [0.1, 0.15) is 5.56 Å². The zero-order valence-electron chi connectivity index (χ0n) is 13.0. The molecule has 0 aliphatic carbocycles. The molecule has 120 valence electrons. The minimum atomic E-state index is -0.204. The topological polar surface area (TPSA) is 44.9 Å². The third-order valence-electron chi connectivity index (χ3n) is 4.06. The molecule has 4 nitrogen and oxygen atoms in total. The largest absolute Gasteiger partial charge is 0.370 e. The molecule has 0 atom stereocenters. The summed E-state index contributed by atoms with van der Waals surface area (Å²) in [4.78, 5) is 8.82. The molecule has 0 aromatic heterocycles. The van der Waals surface area contributed by atoms with Gasteiger partial charge in [-0.25, -0.2) is 9.38 Å². The van der Waals surface area contributed by atoms with Crippen LogP contribution in [0.3, 0.4) is 0 Å². The molecule has 0 spiro atoms. The minimum Gasteiger partial charge on any atom is -0.370 e. The van der Waals surface area contributed by atoms with E-state index < -0.39 is 0 Å². The van der Waals surface area contributed by atoms with Gasteiger partial charge in [-0.05, 0) is 29.8 Å². The number of benzene rings is 2. The van der Waals surface area contributed by atoms with E-state index in [9.17, 15) is 4.39 Å². The monoisotopic (exact) mass is 312 g/mol. The SMILES string of the molecule is NC(=NCc1ccccc1)N1CCN(c2ccc(F)cc2)CC1. The second-order valence-electron chi connectivity index (χ2n) is 5.61. The third kappa shape index (κ3) is 4.00. The fourth-order valence-corrected chi connectivity index (χ4v) is 2.70. The van der Waals surface area contributed by atoms with E-state index >= 15 is 0 Å². The standard InChI is InChI=1S/C18H21FN4/c19-16-6-8-17(9-7-16)22-10-12-23(13-11-22)18(20)21-14-15-4-2-1-3-5-15/h1-9H,10-14H2,(H2,20,21). The van der Waals surface area contributed by atoms with Crippen LogP contribution >= 0.6 is 0 Å². The van der Waals surface area contributed by atoms with Crippen molar-refractivity contribution in [2.75, 3.05) is 31.1 Å². The van der Waals surface area contributed by atoms with E-state index in [-0.39, 0.29) is 5.82 Å². The Morgan fingerprint density at radius 2 is 1.61 bits per heavy atom. The summed E-state index contributed by atoms with van der Waals surface area (Å²) in [6.07, 6.45) is 0. The highest BCUT2D eigenvalue weighted by Gasteiger charge is 2.18. The number of nitrogens with zero attached hydrogens (tertiary/aromatic N) is 3. The third-order valence-corrected chi connectivity index (χ3v) is 4.06. The first-order valence-corrected chi connectivity index (χ1v) is 7.82. The average Bonchev–Trinajstić information content (AvgIpc) is 2.61. The fraction of sp³-hybridized carbons (Fsp3) is 0.278. The lowest BCUT2D eigenvalue weighted by molar-refractivity contribution is 0.380. The molecule has 2 N–H and O–H groups in total. The fourth-order valence-electron chi connectivity index (χ4n) is 2.70. The molecule has 0 bridgehead atoms. The lowest BCUT2D eigenvalue weighted by Crippen LogP contribution is -2.51. The molecule has 1 heterocycles. The number of aliphatic imine (C=N–C) groups is 1. The van der Waals surface area contributed by atoms with E-state index in [4.69, 9.17) is 5.73 Å². The number of guanidine groups is 1. The van der Waals surface area contributed by atoms with Gasteiger partial charge in [-0.15, -0.1) is 0 Å². The van der Waals surface area contributed by atoms with Crippen LogP contribution in [0.15, 0.2) is 59.6 Å². The molecule has 23 heavy (non-hydrogen) atoms. The summed E-state index contributed by atoms with van der Waals surface area (Å²) in [5, 5.41) is 0. The molecule has 5 heteroatoms. The predicted octanol–water partition coefficient (Wildman–Crippen LogP) is 2.46. The van der Waals surface area contributed by atoms with Gasteiger partial charge in [0.05, 0.1) is 6.54 Å². The van der Waals surface area contributed by atoms with Gasteiger partial charge in [0.1, 0.15) is 5.82 Å². The van der Waals surface area contributed by atoms with Crippen molar-refractivity contribution >= 4 is 11.6 Å². The molecular weight excluding hydrogens is 291 g/mol. The van der Waals surface area contributed by atoms with E-state index in [2.05, 4.69) is 14.8 Å². The van der Waals surface area contributed by atoms with Crippen LogP contribution in [0.5, 0.6) is 0 Å². The summed E-state index contributed by atoms with van der Waals surface area (Å²) >= 11 is 0. The van der Waals surface area contributed by atoms with Gasteiger partial charge in [-0.1, -0.05) is 30.3 Å². The zero-order valence-corrected chi connectivity index (χ0v) is 13.0. The molecular formula is C18H21FN4. The molecule has 3 rings (SSSR count). The maximum Gasteiger partial charge on any atom is 0.191 e. The maximum absolute atomic E-state index is 13.0. The highest BCUT2D eigenvalue weighted by molar-refractivity contribution is 5.78. The number of halogens is 1. The van der Waals surface area contributed by atoms with Crippen LogP contribution in [-0.4, -0.2) is 37.0 Å². The summed E-state index contributed by atoms with van der Waals surface area (Å²) in [5.41, 5.74) is 8.31. The Labute approximate surface area is 136 Å². The zero-order chi connectivity index (χ0) is 16.1. The molecule has 1 aliphatic rings. The Hall–Kier alpha value is -2.56. The molecule has 0 radical (unpaired) electrons. The second kappa shape index (κ2) is 7.13. The van der Waals surface area contributed by atoms with Crippen LogP contribution in [0.4, 0.5) is 10.1 Å². The minimum absolute atomic E-state index is 0.204. The van der Waals surface area contributed by atoms with E-state index in [1.54, 1.807) is 0 Å². The normalized spacial score (nSPS) is 15.8. The van der Waals surface area contributed by atoms with Gasteiger partial charge in [0.15, 0.2) is 5.96 Å². The van der Waals surface area contributed by atoms with Crippen molar-refractivity contribution in [2.24, 2.45) is 10.7 Å². The van der Waals surface area contributed by atoms with Crippen LogP contribution in [0, 0.1) is 5.82 Å². The summed E-state index contributed by atoms with van der Waals surface area (Å²) in [6, 6.07) is 16.7. The molecule has 1 aliphatic heterocycles. The number of hydrogen-bond acceptors (Lipinski definition) is 2. The molecule has 0 unspecified atom stereocenters. The first-order chi connectivity index (χ1) is 11.2. The first-order valence-electron chi connectivity index (χ1n) is 7.82. The van der Waals surface area contributed by atoms with Crippen molar-refractivity contribution in [3.8, 4) is 0 Å². The van der Waals surface area contributed by atoms with Gasteiger partial charge in [0.2, 0.25) is 0 Å². The molecule has 0 saturated carbocycles. The maximum atomic E-state index is 13.0. The summed E-state index contributed by atoms with van der Waals surface area (Å²) in [6.45, 7) is 3.95. The van der Waals surface area contributed by atoms with Crippen LogP contribution in [-0.2, 0) is 6.54 Å². The lowest BCUT2D eigenvalue weighted by atomic mass is 10.2. The van der Waals surface area contributed by atoms with Gasteiger partial charge in [-0.3, -0.25) is 0 Å². The highest BCUT2D eigenvalue weighted by atomic mass is 19.1. The molecule has 2 aromatic rings. The van der Waals surface area contributed by atoms with E-state index in [1.165, 1.54) is 12.1 Å². The van der Waals surface area contributed by atoms with Gasteiger partial charge < -0.3 is 15.5 Å². The highest BCUT2D eigenvalue weighted by Crippen LogP contribution is 2.16. The van der Waals surface area contributed by atoms with Crippen molar-refractivity contribution in [1.82, 2.24) is 4.90 Å². The van der Waals surface area contributed by atoms with Gasteiger partial charge in [-0.2, -0.15) is 0 Å². The quantitative estimate of drug-likeness (QED) is 0.699. The Kier molecular flexibility index (Phi) is 4.76.